The molecule has 352 valence electrons. The van der Waals surface area contributed by atoms with Crippen LogP contribution in [0.5, 0.6) is 0 Å². The Morgan fingerprint density at radius 2 is 1.32 bits per heavy atom. The Balaban J connectivity index is 0.000000946. The largest absolute Gasteiger partial charge is 0.469 e. The molecule has 15 unspecified atom stereocenters. The van der Waals surface area contributed by atoms with E-state index in [0.717, 1.165) is 21.3 Å². The van der Waals surface area contributed by atoms with Crippen LogP contribution in [0.4, 0.5) is 0 Å². The lowest BCUT2D eigenvalue weighted by Crippen LogP contribution is -2.80. The second-order valence-electron chi connectivity index (χ2n) is 15.5. The van der Waals surface area contributed by atoms with Crippen molar-refractivity contribution in [3.8, 4) is 0 Å². The monoisotopic (exact) mass is 877 g/mol. The van der Waals surface area contributed by atoms with Crippen LogP contribution in [0.15, 0.2) is 0 Å². The molecule has 0 bridgehead atoms. The van der Waals surface area contributed by atoms with E-state index < -0.39 is 141 Å². The minimum Gasteiger partial charge on any atom is -0.469 e. The molecular formula is C37H71N3O20+2. The number of nitrogens with one attached hydrogen (secondary N) is 1. The second-order valence-corrected chi connectivity index (χ2v) is 15.5. The van der Waals surface area contributed by atoms with Gasteiger partial charge in [0.15, 0.2) is 17.9 Å². The van der Waals surface area contributed by atoms with Crippen LogP contribution in [-0.2, 0) is 61.8 Å². The Kier molecular flexibility index (Phi) is 24.0. The van der Waals surface area contributed by atoms with Gasteiger partial charge in [-0.15, -0.1) is 0 Å². The first-order valence-electron chi connectivity index (χ1n) is 19.6. The average Bonchev–Trinajstić information content (AvgIpc) is 3.18. The van der Waals surface area contributed by atoms with Gasteiger partial charge in [-0.05, 0) is 33.6 Å². The summed E-state index contributed by atoms with van der Waals surface area (Å²) in [6, 6.07) is -2.57. The van der Waals surface area contributed by atoms with Gasteiger partial charge in [-0.1, -0.05) is 13.8 Å². The molecule has 0 aromatic rings. The first kappa shape index (κ1) is 55.3. The third kappa shape index (κ3) is 15.9. The predicted octanol–water partition coefficient (Wildman–Crippen LogP) is -5.54. The Hall–Kier alpha value is -2.72. The minimum absolute atomic E-state index is 0.0998. The van der Waals surface area contributed by atoms with Crippen LogP contribution in [-0.4, -0.2) is 198 Å². The maximum absolute atomic E-state index is 12.1. The first-order chi connectivity index (χ1) is 28.0. The molecule has 2 rings (SSSR count). The summed E-state index contributed by atoms with van der Waals surface area (Å²) in [5.74, 6) is -3.91. The lowest BCUT2D eigenvalue weighted by atomic mass is 9.88. The van der Waals surface area contributed by atoms with Crippen molar-refractivity contribution in [3.63, 3.8) is 0 Å². The molecule has 23 heteroatoms. The van der Waals surface area contributed by atoms with Crippen molar-refractivity contribution in [3.05, 3.63) is 0 Å². The molecule has 60 heavy (non-hydrogen) atoms. The third-order valence-corrected chi connectivity index (χ3v) is 9.81. The number of aliphatic hydroxyl groups is 7. The number of aliphatic hydroxyl groups excluding tert-OH is 6. The molecule has 0 spiro atoms. The van der Waals surface area contributed by atoms with E-state index in [9.17, 15) is 54.9 Å². The first-order valence-corrected chi connectivity index (χ1v) is 19.6. The summed E-state index contributed by atoms with van der Waals surface area (Å²) in [7, 11) is 3.22. The summed E-state index contributed by atoms with van der Waals surface area (Å²) >= 11 is 0. The van der Waals surface area contributed by atoms with Gasteiger partial charge in [0.1, 0.15) is 48.7 Å². The number of methoxy groups -OCH3 is 3. The Labute approximate surface area is 349 Å². The van der Waals surface area contributed by atoms with E-state index in [-0.39, 0.29) is 24.7 Å². The van der Waals surface area contributed by atoms with Crippen molar-refractivity contribution in [2.75, 3.05) is 41.2 Å². The molecule has 14 N–H and O–H groups in total. The quantitative estimate of drug-likeness (QED) is 0.0292. The van der Waals surface area contributed by atoms with E-state index in [2.05, 4.69) is 31.0 Å². The SMILES string of the molecule is CC(=O)NC1C(OC(C(C)O)C(CO)C(C)C)OC(CO)C(OC2OC(CO)C(OC(OC(C)C)C(C)[NH3+])C(O)C2[NH3+])C1O.COC(=O)CC(O)(CC(=O)OC)C(=O)OC. The summed E-state index contributed by atoms with van der Waals surface area (Å²) in [6.07, 6.45) is -14.5. The lowest BCUT2D eigenvalue weighted by molar-refractivity contribution is -0.516. The predicted molar refractivity (Wildman–Crippen MR) is 202 cm³/mol. The van der Waals surface area contributed by atoms with Crippen LogP contribution >= 0.6 is 0 Å². The smallest absolute Gasteiger partial charge is 0.339 e. The van der Waals surface area contributed by atoms with Crippen molar-refractivity contribution in [2.24, 2.45) is 11.8 Å². The molecule has 2 heterocycles. The number of carbonyl (C=O) groups excluding carboxylic acids is 4. The van der Waals surface area contributed by atoms with E-state index in [4.69, 9.17) is 28.4 Å². The van der Waals surface area contributed by atoms with Gasteiger partial charge in [-0.2, -0.15) is 0 Å². The fraction of sp³-hybridized carbons (Fsp3) is 0.892. The Bertz CT molecular complexity index is 1290. The highest BCUT2D eigenvalue weighted by Gasteiger charge is 2.54. The molecule has 0 radical (unpaired) electrons. The van der Waals surface area contributed by atoms with Gasteiger partial charge in [0.05, 0.1) is 65.7 Å². The zero-order valence-corrected chi connectivity index (χ0v) is 36.2. The van der Waals surface area contributed by atoms with Crippen LogP contribution in [0.2, 0.25) is 0 Å². The molecule has 23 nitrogen and oxygen atoms in total. The van der Waals surface area contributed by atoms with Crippen LogP contribution in [0.3, 0.4) is 0 Å². The fourth-order valence-corrected chi connectivity index (χ4v) is 6.48. The highest BCUT2D eigenvalue weighted by atomic mass is 16.7. The fourth-order valence-electron chi connectivity index (χ4n) is 6.48. The van der Waals surface area contributed by atoms with Crippen LogP contribution in [0, 0.1) is 11.8 Å². The van der Waals surface area contributed by atoms with Gasteiger partial charge in [-0.25, -0.2) is 4.79 Å². The standard InChI is InChI=1S/C28H55N3O13.C9H14O7/c1-11(2)16(8-32)23(14(6)35)42-28-20(31-15(7)36)22(38)25(18(10-34)41-28)44-27-19(30)21(37)24(17(9-33)40-27)43-26(13(5)29)39-12(3)4;1-14-6(10)4-9(13,8(12)16-3)5-7(11)15-2/h11-14,16-28,32-35,37-38H,8-10,29-30H2,1-7H3,(H,31,36);13H,4-5H2,1-3H3/p+2. The summed E-state index contributed by atoms with van der Waals surface area (Å²) in [5, 5.41) is 75.8. The molecule has 2 aliphatic rings. The van der Waals surface area contributed by atoms with Crippen LogP contribution < -0.4 is 16.8 Å². The molecule has 2 saturated heterocycles. The second kappa shape index (κ2) is 26.0. The van der Waals surface area contributed by atoms with E-state index in [1.165, 1.54) is 13.8 Å². The minimum atomic E-state index is -2.26. The van der Waals surface area contributed by atoms with Gasteiger partial charge >= 0.3 is 17.9 Å². The molecule has 0 aliphatic carbocycles. The molecule has 2 fully saturated rings. The van der Waals surface area contributed by atoms with Crippen molar-refractivity contribution in [2.45, 2.75) is 159 Å². The number of esters is 3. The van der Waals surface area contributed by atoms with Crippen molar-refractivity contribution < 1.29 is 109 Å². The van der Waals surface area contributed by atoms with Gasteiger partial charge in [-0.3, -0.25) is 14.4 Å². The van der Waals surface area contributed by atoms with Crippen molar-refractivity contribution >= 4 is 23.8 Å². The van der Waals surface area contributed by atoms with Crippen LogP contribution in [0.25, 0.3) is 0 Å². The molecular weight excluding hydrogens is 806 g/mol. The third-order valence-electron chi connectivity index (χ3n) is 9.81. The summed E-state index contributed by atoms with van der Waals surface area (Å²) in [5.41, 5.74) is 5.66. The Morgan fingerprint density at radius 3 is 1.72 bits per heavy atom. The molecule has 2 aliphatic heterocycles. The maximum atomic E-state index is 12.1. The van der Waals surface area contributed by atoms with E-state index in [1.807, 2.05) is 27.7 Å². The van der Waals surface area contributed by atoms with Crippen LogP contribution in [0.1, 0.15) is 61.3 Å². The van der Waals surface area contributed by atoms with Gasteiger partial charge in [0.25, 0.3) is 0 Å². The number of quaternary nitrogens is 2. The average molecular weight is 878 g/mol. The highest BCUT2D eigenvalue weighted by Crippen LogP contribution is 2.32. The number of ether oxygens (including phenoxy) is 9. The van der Waals surface area contributed by atoms with Gasteiger partial charge < -0.3 is 95.2 Å². The van der Waals surface area contributed by atoms with E-state index in [1.54, 1.807) is 6.92 Å². The molecule has 0 saturated carbocycles. The number of amides is 1. The molecule has 1 amide bonds. The summed E-state index contributed by atoms with van der Waals surface area (Å²) < 4.78 is 48.7. The Morgan fingerprint density at radius 1 is 0.800 bits per heavy atom. The van der Waals surface area contributed by atoms with Crippen molar-refractivity contribution in [1.82, 2.24) is 5.32 Å². The number of carbonyl (C=O) groups is 4. The number of hydrogen-bond donors (Lipinski definition) is 10. The lowest BCUT2D eigenvalue weighted by Gasteiger charge is -2.48. The maximum Gasteiger partial charge on any atom is 0.339 e. The molecule has 15 atom stereocenters. The molecule has 0 aromatic carbocycles. The summed E-state index contributed by atoms with van der Waals surface area (Å²) in [6.45, 7) is 10.3. The molecule has 0 aromatic heterocycles. The number of hydrogen-bond acceptors (Lipinski definition) is 20. The van der Waals surface area contributed by atoms with Crippen molar-refractivity contribution in [1.29, 1.82) is 0 Å². The highest BCUT2D eigenvalue weighted by molar-refractivity contribution is 5.89. The van der Waals surface area contributed by atoms with Gasteiger partial charge in [0, 0.05) is 19.4 Å². The van der Waals surface area contributed by atoms with E-state index in [0.29, 0.717) is 0 Å². The normalized spacial score (nSPS) is 29.6. The zero-order valence-electron chi connectivity index (χ0n) is 36.2. The number of rotatable bonds is 21. The topological polar surface area (TPSA) is 360 Å². The van der Waals surface area contributed by atoms with E-state index >= 15 is 0 Å². The summed E-state index contributed by atoms with van der Waals surface area (Å²) in [4.78, 5) is 45.3. The van der Waals surface area contributed by atoms with Gasteiger partial charge in [0.2, 0.25) is 18.5 Å². The zero-order chi connectivity index (χ0) is 46.2.